The smallest absolute Gasteiger partial charge is 0.282 e. The first-order chi connectivity index (χ1) is 4.34. The van der Waals surface area contributed by atoms with Gasteiger partial charge >= 0.3 is 5.69 Å². The monoisotopic (exact) mass is 127 g/mol. The SMILES string of the molecule is CCCn1cn[nH]c1=O. The first-order valence-corrected chi connectivity index (χ1v) is 2.94. The van der Waals surface area contributed by atoms with Gasteiger partial charge < -0.3 is 0 Å². The molecule has 0 fully saturated rings. The summed E-state index contributed by atoms with van der Waals surface area (Å²) in [5.74, 6) is 0. The van der Waals surface area contributed by atoms with E-state index in [1.54, 1.807) is 4.57 Å². The normalized spacial score (nSPS) is 9.89. The third-order valence-corrected chi connectivity index (χ3v) is 1.08. The van der Waals surface area contributed by atoms with Crippen LogP contribution in [-0.4, -0.2) is 14.8 Å². The number of H-pyrrole nitrogens is 1. The molecule has 0 bridgehead atoms. The molecule has 4 heteroatoms. The van der Waals surface area contributed by atoms with Crippen LogP contribution in [0.25, 0.3) is 0 Å². The van der Waals surface area contributed by atoms with Crippen molar-refractivity contribution < 1.29 is 0 Å². The van der Waals surface area contributed by atoms with Crippen LogP contribution in [0.4, 0.5) is 0 Å². The van der Waals surface area contributed by atoms with Crippen molar-refractivity contribution in [3.8, 4) is 0 Å². The van der Waals surface area contributed by atoms with Crippen molar-refractivity contribution in [3.05, 3.63) is 16.8 Å². The molecule has 9 heavy (non-hydrogen) atoms. The second-order valence-corrected chi connectivity index (χ2v) is 1.85. The molecule has 0 aliphatic heterocycles. The maximum atomic E-state index is 10.7. The zero-order chi connectivity index (χ0) is 6.69. The molecule has 0 amide bonds. The van der Waals surface area contributed by atoms with Gasteiger partial charge in [-0.25, -0.2) is 9.89 Å². The van der Waals surface area contributed by atoms with Gasteiger partial charge in [-0.2, -0.15) is 5.10 Å². The molecule has 0 spiro atoms. The molecule has 1 N–H and O–H groups in total. The van der Waals surface area contributed by atoms with E-state index in [0.717, 1.165) is 13.0 Å². The fourth-order valence-corrected chi connectivity index (χ4v) is 0.671. The van der Waals surface area contributed by atoms with Crippen molar-refractivity contribution in [2.75, 3.05) is 0 Å². The Kier molecular flexibility index (Phi) is 1.67. The van der Waals surface area contributed by atoms with Crippen molar-refractivity contribution in [1.82, 2.24) is 14.8 Å². The van der Waals surface area contributed by atoms with Crippen LogP contribution in [0.3, 0.4) is 0 Å². The van der Waals surface area contributed by atoms with Crippen LogP contribution in [0.1, 0.15) is 13.3 Å². The second kappa shape index (κ2) is 2.48. The summed E-state index contributed by atoms with van der Waals surface area (Å²) in [6.07, 6.45) is 2.46. The molecule has 0 unspecified atom stereocenters. The minimum absolute atomic E-state index is 0.128. The Morgan fingerprint density at radius 1 is 1.89 bits per heavy atom. The molecule has 0 radical (unpaired) electrons. The Hall–Kier alpha value is -1.06. The molecule has 4 nitrogen and oxygen atoms in total. The zero-order valence-electron chi connectivity index (χ0n) is 5.29. The quantitative estimate of drug-likeness (QED) is 0.607. The molecule has 1 rings (SSSR count). The summed E-state index contributed by atoms with van der Waals surface area (Å²) in [6, 6.07) is 0. The molecule has 0 aliphatic carbocycles. The summed E-state index contributed by atoms with van der Waals surface area (Å²) in [7, 11) is 0. The zero-order valence-corrected chi connectivity index (χ0v) is 5.29. The topological polar surface area (TPSA) is 50.7 Å². The van der Waals surface area contributed by atoms with Gasteiger partial charge in [0.1, 0.15) is 6.33 Å². The van der Waals surface area contributed by atoms with Crippen LogP contribution >= 0.6 is 0 Å². The molecule has 1 heterocycles. The molecular formula is C5H9N3O. The number of aryl methyl sites for hydroxylation is 1. The predicted octanol–water partition coefficient (Wildman–Crippen LogP) is -0.0186. The molecule has 0 saturated carbocycles. The fraction of sp³-hybridized carbons (Fsp3) is 0.600. The van der Waals surface area contributed by atoms with Gasteiger partial charge in [-0.15, -0.1) is 0 Å². The van der Waals surface area contributed by atoms with E-state index >= 15 is 0 Å². The van der Waals surface area contributed by atoms with Gasteiger partial charge in [-0.05, 0) is 6.42 Å². The van der Waals surface area contributed by atoms with Gasteiger partial charge in [-0.3, -0.25) is 4.57 Å². The van der Waals surface area contributed by atoms with Gasteiger partial charge in [0.2, 0.25) is 0 Å². The van der Waals surface area contributed by atoms with E-state index in [1.807, 2.05) is 6.92 Å². The Bertz CT molecular complexity index is 224. The van der Waals surface area contributed by atoms with Crippen LogP contribution in [0, 0.1) is 0 Å². The predicted molar refractivity (Wildman–Crippen MR) is 33.1 cm³/mol. The summed E-state index contributed by atoms with van der Waals surface area (Å²) in [5, 5.41) is 5.88. The highest BCUT2D eigenvalue weighted by atomic mass is 16.1. The average molecular weight is 127 g/mol. The van der Waals surface area contributed by atoms with Crippen molar-refractivity contribution in [3.63, 3.8) is 0 Å². The summed E-state index contributed by atoms with van der Waals surface area (Å²) in [4.78, 5) is 10.7. The van der Waals surface area contributed by atoms with Gasteiger partial charge in [-0.1, -0.05) is 6.92 Å². The van der Waals surface area contributed by atoms with E-state index in [4.69, 9.17) is 0 Å². The average Bonchev–Trinajstić information content (AvgIpc) is 2.18. The number of aromatic nitrogens is 3. The van der Waals surface area contributed by atoms with Crippen molar-refractivity contribution in [1.29, 1.82) is 0 Å². The lowest BCUT2D eigenvalue weighted by atomic mass is 10.5. The van der Waals surface area contributed by atoms with Crippen LogP contribution in [0.5, 0.6) is 0 Å². The lowest BCUT2D eigenvalue weighted by Gasteiger charge is -1.90. The number of nitrogens with zero attached hydrogens (tertiary/aromatic N) is 2. The minimum atomic E-state index is -0.128. The third-order valence-electron chi connectivity index (χ3n) is 1.08. The van der Waals surface area contributed by atoms with Gasteiger partial charge in [0, 0.05) is 6.54 Å². The van der Waals surface area contributed by atoms with Crippen LogP contribution in [-0.2, 0) is 6.54 Å². The van der Waals surface area contributed by atoms with E-state index in [0.29, 0.717) is 0 Å². The van der Waals surface area contributed by atoms with Crippen LogP contribution in [0.15, 0.2) is 11.1 Å². The Labute approximate surface area is 52.5 Å². The van der Waals surface area contributed by atoms with Crippen molar-refractivity contribution >= 4 is 0 Å². The number of nitrogens with one attached hydrogen (secondary N) is 1. The summed E-state index contributed by atoms with van der Waals surface area (Å²) >= 11 is 0. The molecule has 1 aromatic heterocycles. The maximum Gasteiger partial charge on any atom is 0.343 e. The van der Waals surface area contributed by atoms with Crippen LogP contribution < -0.4 is 5.69 Å². The minimum Gasteiger partial charge on any atom is -0.282 e. The van der Waals surface area contributed by atoms with Gasteiger partial charge in [0.15, 0.2) is 0 Å². The molecular weight excluding hydrogens is 118 g/mol. The maximum absolute atomic E-state index is 10.7. The summed E-state index contributed by atoms with van der Waals surface area (Å²) < 4.78 is 1.54. The Balaban J connectivity index is 2.81. The lowest BCUT2D eigenvalue weighted by molar-refractivity contribution is 0.655. The van der Waals surface area contributed by atoms with E-state index in [2.05, 4.69) is 10.2 Å². The number of aromatic amines is 1. The first-order valence-electron chi connectivity index (χ1n) is 2.94. The highest BCUT2D eigenvalue weighted by Gasteiger charge is 1.91. The number of hydrogen-bond acceptors (Lipinski definition) is 2. The number of hydrogen-bond donors (Lipinski definition) is 1. The summed E-state index contributed by atoms with van der Waals surface area (Å²) in [6.45, 7) is 2.76. The van der Waals surface area contributed by atoms with E-state index in [-0.39, 0.29) is 5.69 Å². The highest BCUT2D eigenvalue weighted by Crippen LogP contribution is 1.79. The standard InChI is InChI=1S/C5H9N3O/c1-2-3-8-4-6-7-5(8)9/h4H,2-3H2,1H3,(H,7,9). The summed E-state index contributed by atoms with van der Waals surface area (Å²) in [5.41, 5.74) is -0.128. The van der Waals surface area contributed by atoms with Crippen molar-refractivity contribution in [2.45, 2.75) is 19.9 Å². The second-order valence-electron chi connectivity index (χ2n) is 1.85. The largest absolute Gasteiger partial charge is 0.343 e. The molecule has 0 saturated heterocycles. The van der Waals surface area contributed by atoms with Gasteiger partial charge in [0.25, 0.3) is 0 Å². The number of rotatable bonds is 2. The van der Waals surface area contributed by atoms with Crippen LogP contribution in [0.2, 0.25) is 0 Å². The molecule has 50 valence electrons. The Morgan fingerprint density at radius 2 is 2.67 bits per heavy atom. The van der Waals surface area contributed by atoms with E-state index in [9.17, 15) is 4.79 Å². The van der Waals surface area contributed by atoms with Crippen molar-refractivity contribution in [2.24, 2.45) is 0 Å². The third kappa shape index (κ3) is 1.19. The van der Waals surface area contributed by atoms with E-state index in [1.165, 1.54) is 6.33 Å². The Morgan fingerprint density at radius 3 is 3.11 bits per heavy atom. The van der Waals surface area contributed by atoms with Gasteiger partial charge in [0.05, 0.1) is 0 Å². The first kappa shape index (κ1) is 6.07. The fourth-order valence-electron chi connectivity index (χ4n) is 0.671. The molecule has 0 aromatic carbocycles. The highest BCUT2D eigenvalue weighted by molar-refractivity contribution is 4.61. The molecule has 0 aliphatic rings. The van der Waals surface area contributed by atoms with E-state index < -0.39 is 0 Å². The molecule has 0 atom stereocenters. The molecule has 1 aromatic rings. The lowest BCUT2D eigenvalue weighted by Crippen LogP contribution is -2.15.